The summed E-state index contributed by atoms with van der Waals surface area (Å²) in [6, 6.07) is 7.17. The lowest BCUT2D eigenvalue weighted by Gasteiger charge is -2.07. The van der Waals surface area contributed by atoms with E-state index in [1.807, 2.05) is 29.6 Å². The summed E-state index contributed by atoms with van der Waals surface area (Å²) in [6.45, 7) is 0.885. The maximum absolute atomic E-state index is 11.8. The normalized spacial score (nSPS) is 15.2. The van der Waals surface area contributed by atoms with Crippen molar-refractivity contribution in [1.82, 2.24) is 15.6 Å². The second-order valence-electron chi connectivity index (χ2n) is 5.59. The third kappa shape index (κ3) is 4.62. The molecule has 5 nitrogen and oxygen atoms in total. The van der Waals surface area contributed by atoms with E-state index < -0.39 is 10.8 Å². The zero-order chi connectivity index (χ0) is 16.2. The first-order chi connectivity index (χ1) is 11.1. The molecule has 0 radical (unpaired) electrons. The molecule has 7 heteroatoms. The molecule has 1 saturated carbocycles. The average molecular weight is 349 g/mol. The van der Waals surface area contributed by atoms with E-state index >= 15 is 0 Å². The van der Waals surface area contributed by atoms with Gasteiger partial charge in [-0.2, -0.15) is 0 Å². The van der Waals surface area contributed by atoms with Crippen LogP contribution in [0.1, 0.15) is 35.0 Å². The highest BCUT2D eigenvalue weighted by atomic mass is 32.2. The van der Waals surface area contributed by atoms with Gasteiger partial charge in [-0.25, -0.2) is 9.78 Å². The Kier molecular flexibility index (Phi) is 5.07. The summed E-state index contributed by atoms with van der Waals surface area (Å²) in [4.78, 5) is 17.1. The highest BCUT2D eigenvalue weighted by molar-refractivity contribution is 7.84. The molecule has 0 spiro atoms. The molecule has 2 amide bonds. The number of benzene rings is 1. The Bertz CT molecular complexity index is 708. The molecule has 23 heavy (non-hydrogen) atoms. The second kappa shape index (κ2) is 7.23. The van der Waals surface area contributed by atoms with Gasteiger partial charge in [0, 0.05) is 39.8 Å². The van der Waals surface area contributed by atoms with Crippen LogP contribution in [-0.4, -0.2) is 21.5 Å². The highest BCUT2D eigenvalue weighted by Gasteiger charge is 2.26. The number of hydrogen-bond acceptors (Lipinski definition) is 4. The fraction of sp³-hybridized carbons (Fsp3) is 0.375. The summed E-state index contributed by atoms with van der Waals surface area (Å²) >= 11 is 1.68. The van der Waals surface area contributed by atoms with Crippen LogP contribution >= 0.6 is 11.3 Å². The van der Waals surface area contributed by atoms with Crippen molar-refractivity contribution >= 4 is 28.2 Å². The van der Waals surface area contributed by atoms with E-state index in [1.54, 1.807) is 17.6 Å². The topological polar surface area (TPSA) is 71.1 Å². The predicted octanol–water partition coefficient (Wildman–Crippen LogP) is 2.76. The van der Waals surface area contributed by atoms with E-state index in [1.165, 1.54) is 17.8 Å². The van der Waals surface area contributed by atoms with Crippen LogP contribution in [-0.2, 0) is 23.9 Å². The molecule has 2 N–H and O–H groups in total. The van der Waals surface area contributed by atoms with Crippen LogP contribution in [0.5, 0.6) is 0 Å². The summed E-state index contributed by atoms with van der Waals surface area (Å²) in [5, 5.41) is 8.83. The van der Waals surface area contributed by atoms with Crippen LogP contribution in [0.4, 0.5) is 4.79 Å². The number of urea groups is 1. The molecular formula is C16H19N3O2S2. The van der Waals surface area contributed by atoms with Crippen LogP contribution in [0.25, 0.3) is 0 Å². The number of thiazole rings is 1. The number of hydrogen-bond donors (Lipinski definition) is 2. The Hall–Kier alpha value is -1.73. The Labute approximate surface area is 142 Å². The lowest BCUT2D eigenvalue weighted by atomic mass is 10.2. The Morgan fingerprint density at radius 2 is 1.96 bits per heavy atom. The zero-order valence-electron chi connectivity index (χ0n) is 12.9. The Morgan fingerprint density at radius 1 is 1.26 bits per heavy atom. The van der Waals surface area contributed by atoms with Crippen molar-refractivity contribution in [2.45, 2.75) is 36.7 Å². The average Bonchev–Trinajstić information content (AvgIpc) is 3.30. The Morgan fingerprint density at radius 3 is 2.61 bits per heavy atom. The van der Waals surface area contributed by atoms with Crippen molar-refractivity contribution in [3.63, 3.8) is 0 Å². The molecule has 1 aromatic carbocycles. The number of carbonyl (C=O) groups excluding carboxylic acids is 1. The molecule has 0 aliphatic heterocycles. The summed E-state index contributed by atoms with van der Waals surface area (Å²) in [6.07, 6.45) is 4.13. The summed E-state index contributed by atoms with van der Waals surface area (Å²) in [5.41, 5.74) is 1.89. The van der Waals surface area contributed by atoms with E-state index in [-0.39, 0.29) is 6.03 Å². The largest absolute Gasteiger partial charge is 0.334 e. The van der Waals surface area contributed by atoms with Gasteiger partial charge in [-0.3, -0.25) is 4.21 Å². The van der Waals surface area contributed by atoms with Crippen molar-refractivity contribution in [3.05, 3.63) is 45.9 Å². The molecule has 1 atom stereocenters. The van der Waals surface area contributed by atoms with Crippen molar-refractivity contribution in [2.75, 3.05) is 6.26 Å². The van der Waals surface area contributed by atoms with Gasteiger partial charge in [-0.1, -0.05) is 12.1 Å². The number of nitrogens with one attached hydrogen (secondary N) is 2. The molecule has 0 unspecified atom stereocenters. The first kappa shape index (κ1) is 16.1. The van der Waals surface area contributed by atoms with E-state index in [2.05, 4.69) is 15.6 Å². The number of amides is 2. The molecular weight excluding hydrogens is 330 g/mol. The fourth-order valence-corrected chi connectivity index (χ4v) is 3.65. The van der Waals surface area contributed by atoms with Crippen molar-refractivity contribution in [1.29, 1.82) is 0 Å². The SMILES string of the molecule is C[S@](=O)c1ccc(CNC(=O)NCc2csc(C3CC3)n2)cc1. The molecule has 0 saturated heterocycles. The molecule has 1 heterocycles. The van der Waals surface area contributed by atoms with E-state index in [4.69, 9.17) is 0 Å². The minimum Gasteiger partial charge on any atom is -0.334 e. The summed E-state index contributed by atoms with van der Waals surface area (Å²) < 4.78 is 11.3. The Balaban J connectivity index is 1.42. The number of rotatable bonds is 6. The lowest BCUT2D eigenvalue weighted by Crippen LogP contribution is -2.34. The van der Waals surface area contributed by atoms with Crippen LogP contribution in [0.3, 0.4) is 0 Å². The molecule has 0 bridgehead atoms. The highest BCUT2D eigenvalue weighted by Crippen LogP contribution is 2.41. The van der Waals surface area contributed by atoms with Gasteiger partial charge in [0.1, 0.15) is 0 Å². The van der Waals surface area contributed by atoms with Crippen molar-refractivity contribution in [3.8, 4) is 0 Å². The van der Waals surface area contributed by atoms with Crippen molar-refractivity contribution in [2.24, 2.45) is 0 Å². The van der Waals surface area contributed by atoms with Gasteiger partial charge in [0.2, 0.25) is 0 Å². The number of nitrogens with zero attached hydrogens (tertiary/aromatic N) is 1. The number of aromatic nitrogens is 1. The minimum absolute atomic E-state index is 0.214. The quantitative estimate of drug-likeness (QED) is 0.842. The van der Waals surface area contributed by atoms with Gasteiger partial charge < -0.3 is 10.6 Å². The lowest BCUT2D eigenvalue weighted by molar-refractivity contribution is 0.240. The fourth-order valence-electron chi connectivity index (χ4n) is 2.14. The van der Waals surface area contributed by atoms with Gasteiger partial charge in [-0.15, -0.1) is 11.3 Å². The van der Waals surface area contributed by atoms with Crippen molar-refractivity contribution < 1.29 is 9.00 Å². The van der Waals surface area contributed by atoms with Crippen LogP contribution in [0.2, 0.25) is 0 Å². The van der Waals surface area contributed by atoms with Gasteiger partial charge in [-0.05, 0) is 30.5 Å². The van der Waals surface area contributed by atoms with Gasteiger partial charge in [0.05, 0.1) is 17.2 Å². The van der Waals surface area contributed by atoms with Gasteiger partial charge in [0.15, 0.2) is 0 Å². The first-order valence-corrected chi connectivity index (χ1v) is 9.94. The molecule has 1 fully saturated rings. The van der Waals surface area contributed by atoms with Crippen LogP contribution < -0.4 is 10.6 Å². The van der Waals surface area contributed by atoms with Crippen LogP contribution in [0, 0.1) is 0 Å². The molecule has 1 aromatic heterocycles. The molecule has 1 aliphatic rings. The maximum atomic E-state index is 11.8. The monoisotopic (exact) mass is 349 g/mol. The second-order valence-corrected chi connectivity index (χ2v) is 7.85. The third-order valence-electron chi connectivity index (χ3n) is 3.63. The zero-order valence-corrected chi connectivity index (χ0v) is 14.5. The van der Waals surface area contributed by atoms with E-state index in [9.17, 15) is 9.00 Å². The van der Waals surface area contributed by atoms with Gasteiger partial charge in [0.25, 0.3) is 0 Å². The van der Waals surface area contributed by atoms with Crippen LogP contribution in [0.15, 0.2) is 34.5 Å². The van der Waals surface area contributed by atoms with Gasteiger partial charge >= 0.3 is 6.03 Å². The third-order valence-corrected chi connectivity index (χ3v) is 5.63. The standard InChI is InChI=1S/C16H19N3O2S2/c1-23(21)14-6-2-11(3-7-14)8-17-16(20)18-9-13-10-22-15(19-13)12-4-5-12/h2-3,6-7,10,12H,4-5,8-9H2,1H3,(H2,17,18,20)/t23-/m0/s1. The minimum atomic E-state index is -0.977. The van der Waals surface area contributed by atoms with E-state index in [0.29, 0.717) is 19.0 Å². The smallest absolute Gasteiger partial charge is 0.315 e. The molecule has 122 valence electrons. The summed E-state index contributed by atoms with van der Waals surface area (Å²) in [7, 11) is -0.977. The molecule has 1 aliphatic carbocycles. The molecule has 2 aromatic rings. The molecule has 3 rings (SSSR count). The summed E-state index contributed by atoms with van der Waals surface area (Å²) in [5.74, 6) is 0.656. The first-order valence-electron chi connectivity index (χ1n) is 7.50. The number of carbonyl (C=O) groups is 1. The van der Waals surface area contributed by atoms with E-state index in [0.717, 1.165) is 16.2 Å². The predicted molar refractivity (Wildman–Crippen MR) is 91.9 cm³/mol. The maximum Gasteiger partial charge on any atom is 0.315 e.